The van der Waals surface area contributed by atoms with Crippen LogP contribution in [0.1, 0.15) is 18.1 Å². The number of esters is 1. The molecule has 27 heavy (non-hydrogen) atoms. The van der Waals surface area contributed by atoms with E-state index in [0.29, 0.717) is 23.7 Å². The van der Waals surface area contributed by atoms with Crippen molar-refractivity contribution in [3.8, 4) is 11.5 Å². The van der Waals surface area contributed by atoms with Gasteiger partial charge in [0.2, 0.25) is 5.90 Å². The fourth-order valence-electron chi connectivity index (χ4n) is 2.42. The molecule has 0 radical (unpaired) electrons. The Labute approximate surface area is 158 Å². The van der Waals surface area contributed by atoms with Crippen LogP contribution in [0.4, 0.5) is 8.78 Å². The number of aliphatic imine (C=N–C) groups is 1. The molecule has 0 saturated heterocycles. The van der Waals surface area contributed by atoms with Gasteiger partial charge in [-0.05, 0) is 42.8 Å². The Morgan fingerprint density at radius 1 is 1.19 bits per heavy atom. The van der Waals surface area contributed by atoms with Crippen molar-refractivity contribution in [3.05, 3.63) is 63.8 Å². The van der Waals surface area contributed by atoms with Gasteiger partial charge < -0.3 is 14.2 Å². The van der Waals surface area contributed by atoms with Gasteiger partial charge in [0.15, 0.2) is 28.8 Å². The maximum atomic E-state index is 13.5. The molecule has 2 aromatic rings. The van der Waals surface area contributed by atoms with Gasteiger partial charge in [-0.2, -0.15) is 0 Å². The zero-order valence-corrected chi connectivity index (χ0v) is 15.1. The van der Waals surface area contributed by atoms with E-state index < -0.39 is 17.6 Å². The highest BCUT2D eigenvalue weighted by atomic mass is 35.5. The topological polar surface area (TPSA) is 57.1 Å². The molecule has 0 N–H and O–H groups in total. The third-order valence-corrected chi connectivity index (χ3v) is 3.96. The second-order valence-corrected chi connectivity index (χ2v) is 5.83. The van der Waals surface area contributed by atoms with Crippen molar-refractivity contribution in [3.63, 3.8) is 0 Å². The van der Waals surface area contributed by atoms with Crippen molar-refractivity contribution < 1.29 is 27.8 Å². The zero-order valence-electron chi connectivity index (χ0n) is 14.4. The van der Waals surface area contributed by atoms with E-state index in [0.717, 1.165) is 12.1 Å². The van der Waals surface area contributed by atoms with Crippen LogP contribution < -0.4 is 9.47 Å². The normalized spacial score (nSPS) is 14.9. The molecule has 140 valence electrons. The SMILES string of the molecule is CCOc1ccc(/C=C2/N=C(c3cc(F)c(F)cc3Cl)OC2=O)cc1OC. The quantitative estimate of drug-likeness (QED) is 0.430. The van der Waals surface area contributed by atoms with Gasteiger partial charge in [-0.3, -0.25) is 0 Å². The summed E-state index contributed by atoms with van der Waals surface area (Å²) in [6.07, 6.45) is 1.47. The van der Waals surface area contributed by atoms with Crippen molar-refractivity contribution in [1.82, 2.24) is 0 Å². The van der Waals surface area contributed by atoms with Gasteiger partial charge in [-0.1, -0.05) is 17.7 Å². The lowest BCUT2D eigenvalue weighted by molar-refractivity contribution is -0.129. The molecule has 0 unspecified atom stereocenters. The fourth-order valence-corrected chi connectivity index (χ4v) is 2.65. The molecule has 3 rings (SSSR count). The summed E-state index contributed by atoms with van der Waals surface area (Å²) in [7, 11) is 1.50. The molecule has 0 saturated carbocycles. The summed E-state index contributed by atoms with van der Waals surface area (Å²) in [5, 5.41) is -0.121. The van der Waals surface area contributed by atoms with Crippen LogP contribution in [0.25, 0.3) is 6.08 Å². The molecule has 0 aromatic heterocycles. The summed E-state index contributed by atoms with van der Waals surface area (Å²) in [6.45, 7) is 2.33. The Morgan fingerprint density at radius 3 is 2.63 bits per heavy atom. The molecule has 0 bridgehead atoms. The number of carbonyl (C=O) groups excluding carboxylic acids is 1. The van der Waals surface area contributed by atoms with Gasteiger partial charge in [0.1, 0.15) is 0 Å². The van der Waals surface area contributed by atoms with Crippen LogP contribution in [0.2, 0.25) is 5.02 Å². The summed E-state index contributed by atoms with van der Waals surface area (Å²) in [6, 6.07) is 6.70. The number of carbonyl (C=O) groups is 1. The van der Waals surface area contributed by atoms with Crippen LogP contribution in [0, 0.1) is 11.6 Å². The van der Waals surface area contributed by atoms with Crippen molar-refractivity contribution in [1.29, 1.82) is 0 Å². The minimum Gasteiger partial charge on any atom is -0.493 e. The predicted octanol–water partition coefficient (Wildman–Crippen LogP) is 4.37. The summed E-state index contributed by atoms with van der Waals surface area (Å²) in [4.78, 5) is 16.1. The van der Waals surface area contributed by atoms with Crippen LogP contribution >= 0.6 is 11.6 Å². The van der Waals surface area contributed by atoms with E-state index >= 15 is 0 Å². The Kier molecular flexibility index (Phi) is 5.41. The van der Waals surface area contributed by atoms with Gasteiger partial charge in [0, 0.05) is 0 Å². The number of nitrogens with zero attached hydrogens (tertiary/aromatic N) is 1. The van der Waals surface area contributed by atoms with E-state index in [9.17, 15) is 13.6 Å². The first-order valence-corrected chi connectivity index (χ1v) is 8.29. The Balaban J connectivity index is 1.96. The second kappa shape index (κ2) is 7.75. The highest BCUT2D eigenvalue weighted by Crippen LogP contribution is 2.30. The van der Waals surface area contributed by atoms with Crippen molar-refractivity contribution in [2.24, 2.45) is 4.99 Å². The lowest BCUT2D eigenvalue weighted by Crippen LogP contribution is -2.07. The molecule has 0 spiro atoms. The molecular weight excluding hydrogens is 380 g/mol. The van der Waals surface area contributed by atoms with E-state index in [1.54, 1.807) is 18.2 Å². The van der Waals surface area contributed by atoms with E-state index in [2.05, 4.69) is 4.99 Å². The molecule has 1 aliphatic rings. The number of cyclic esters (lactones) is 1. The van der Waals surface area contributed by atoms with Crippen molar-refractivity contribution in [2.75, 3.05) is 13.7 Å². The van der Waals surface area contributed by atoms with Gasteiger partial charge in [-0.25, -0.2) is 18.6 Å². The maximum Gasteiger partial charge on any atom is 0.363 e. The van der Waals surface area contributed by atoms with Crippen LogP contribution in [-0.4, -0.2) is 25.6 Å². The third-order valence-electron chi connectivity index (χ3n) is 3.65. The van der Waals surface area contributed by atoms with Crippen molar-refractivity contribution >= 4 is 29.5 Å². The van der Waals surface area contributed by atoms with Crippen LogP contribution in [-0.2, 0) is 9.53 Å². The molecule has 5 nitrogen and oxygen atoms in total. The molecular formula is C19H14ClF2NO4. The minimum absolute atomic E-state index is 0.0167. The molecule has 1 heterocycles. The van der Waals surface area contributed by atoms with Crippen LogP contribution in [0.3, 0.4) is 0 Å². The summed E-state index contributed by atoms with van der Waals surface area (Å²) in [5.74, 6) is -2.11. The van der Waals surface area contributed by atoms with E-state index in [1.807, 2.05) is 6.92 Å². The number of ether oxygens (including phenoxy) is 3. The van der Waals surface area contributed by atoms with Gasteiger partial charge in [0.05, 0.1) is 24.3 Å². The lowest BCUT2D eigenvalue weighted by atomic mass is 10.1. The summed E-state index contributed by atoms with van der Waals surface area (Å²) >= 11 is 5.90. The number of hydrogen-bond acceptors (Lipinski definition) is 5. The van der Waals surface area contributed by atoms with Crippen LogP contribution in [0.5, 0.6) is 11.5 Å². The zero-order chi connectivity index (χ0) is 19.6. The van der Waals surface area contributed by atoms with Crippen LogP contribution in [0.15, 0.2) is 41.0 Å². The minimum atomic E-state index is -1.12. The molecule has 0 fully saturated rings. The smallest absolute Gasteiger partial charge is 0.363 e. The first-order valence-electron chi connectivity index (χ1n) is 7.91. The maximum absolute atomic E-state index is 13.5. The molecule has 0 atom stereocenters. The number of methoxy groups -OCH3 is 1. The van der Waals surface area contributed by atoms with E-state index in [1.165, 1.54) is 13.2 Å². The van der Waals surface area contributed by atoms with Gasteiger partial charge in [-0.15, -0.1) is 0 Å². The van der Waals surface area contributed by atoms with E-state index in [-0.39, 0.29) is 22.2 Å². The van der Waals surface area contributed by atoms with Gasteiger partial charge in [0.25, 0.3) is 0 Å². The number of halogens is 3. The monoisotopic (exact) mass is 393 g/mol. The van der Waals surface area contributed by atoms with Gasteiger partial charge >= 0.3 is 5.97 Å². The Hall–Kier alpha value is -2.93. The van der Waals surface area contributed by atoms with E-state index in [4.69, 9.17) is 25.8 Å². The molecule has 2 aromatic carbocycles. The predicted molar refractivity (Wildman–Crippen MR) is 96.1 cm³/mol. The van der Waals surface area contributed by atoms with Crippen molar-refractivity contribution in [2.45, 2.75) is 6.92 Å². The largest absolute Gasteiger partial charge is 0.493 e. The first-order chi connectivity index (χ1) is 12.9. The average molecular weight is 394 g/mol. The summed E-state index contributed by atoms with van der Waals surface area (Å²) < 4.78 is 42.4. The highest BCUT2D eigenvalue weighted by molar-refractivity contribution is 6.34. The standard InChI is InChI=1S/C19H14ClF2NO4/c1-3-26-16-5-4-10(7-17(16)25-2)6-15-19(24)27-18(23-15)11-8-13(21)14(22)9-12(11)20/h4-9H,3H2,1-2H3/b15-6+. The highest BCUT2D eigenvalue weighted by Gasteiger charge is 2.27. The number of hydrogen-bond donors (Lipinski definition) is 0. The lowest BCUT2D eigenvalue weighted by Gasteiger charge is -2.09. The first kappa shape index (κ1) is 18.8. The number of benzene rings is 2. The molecule has 1 aliphatic heterocycles. The average Bonchev–Trinajstić information content (AvgIpc) is 3.00. The molecule has 0 amide bonds. The fraction of sp³-hybridized carbons (Fsp3) is 0.158. The Bertz CT molecular complexity index is 972. The third kappa shape index (κ3) is 3.93. The number of rotatable bonds is 5. The molecule has 8 heteroatoms. The molecule has 0 aliphatic carbocycles. The summed E-state index contributed by atoms with van der Waals surface area (Å²) in [5.41, 5.74) is 0.581. The second-order valence-electron chi connectivity index (χ2n) is 5.43. The Morgan fingerprint density at radius 2 is 1.93 bits per heavy atom.